The Balaban J connectivity index is 1.58. The van der Waals surface area contributed by atoms with Crippen LogP contribution in [0.3, 0.4) is 0 Å². The zero-order chi connectivity index (χ0) is 17.6. The standard InChI is InChI=1S/C19H26N4OS/c1-3-8-16(14-9-6-5-7-10-14)20-17(24)13-25-19-22-21-18(15-11-12-15)23(19)4-2/h5-7,9-10,15-16H,3-4,8,11-13H2,1-2H3,(H,20,24)/t16-/m1/s1. The maximum Gasteiger partial charge on any atom is 0.230 e. The third-order valence-electron chi connectivity index (χ3n) is 4.45. The summed E-state index contributed by atoms with van der Waals surface area (Å²) in [5.41, 5.74) is 1.16. The van der Waals surface area contributed by atoms with Crippen molar-refractivity contribution in [3.05, 3.63) is 41.7 Å². The topological polar surface area (TPSA) is 59.8 Å². The van der Waals surface area contributed by atoms with Crippen LogP contribution >= 0.6 is 11.8 Å². The van der Waals surface area contributed by atoms with Crippen molar-refractivity contribution in [1.82, 2.24) is 20.1 Å². The number of hydrogen-bond donors (Lipinski definition) is 1. The molecule has 0 aliphatic heterocycles. The van der Waals surface area contributed by atoms with Crippen molar-refractivity contribution >= 4 is 17.7 Å². The highest BCUT2D eigenvalue weighted by Gasteiger charge is 2.30. The van der Waals surface area contributed by atoms with Gasteiger partial charge in [0.05, 0.1) is 11.8 Å². The molecule has 0 radical (unpaired) electrons. The van der Waals surface area contributed by atoms with Crippen LogP contribution in [0.15, 0.2) is 35.5 Å². The van der Waals surface area contributed by atoms with E-state index in [2.05, 4.69) is 46.1 Å². The van der Waals surface area contributed by atoms with Crippen LogP contribution in [-0.4, -0.2) is 26.4 Å². The lowest BCUT2D eigenvalue weighted by Crippen LogP contribution is -2.30. The number of aromatic nitrogens is 3. The molecule has 1 aliphatic carbocycles. The van der Waals surface area contributed by atoms with Gasteiger partial charge in [0, 0.05) is 12.5 Å². The molecule has 1 aromatic heterocycles. The number of thioether (sulfide) groups is 1. The highest BCUT2D eigenvalue weighted by Crippen LogP contribution is 2.39. The lowest BCUT2D eigenvalue weighted by Gasteiger charge is -2.18. The van der Waals surface area contributed by atoms with Crippen molar-refractivity contribution in [2.45, 2.75) is 63.2 Å². The molecule has 1 amide bonds. The molecule has 0 saturated heterocycles. The highest BCUT2D eigenvalue weighted by atomic mass is 32.2. The minimum atomic E-state index is 0.0472. The van der Waals surface area contributed by atoms with Gasteiger partial charge in [0.15, 0.2) is 5.16 Å². The van der Waals surface area contributed by atoms with Gasteiger partial charge in [-0.05, 0) is 31.7 Å². The zero-order valence-electron chi connectivity index (χ0n) is 14.9. The first-order valence-corrected chi connectivity index (χ1v) is 10.1. The van der Waals surface area contributed by atoms with Crippen LogP contribution in [0, 0.1) is 0 Å². The number of rotatable bonds is 9. The van der Waals surface area contributed by atoms with Crippen molar-refractivity contribution in [3.8, 4) is 0 Å². The van der Waals surface area contributed by atoms with Crippen LogP contribution in [0.1, 0.15) is 62.9 Å². The first kappa shape index (κ1) is 18.0. The van der Waals surface area contributed by atoms with Crippen molar-refractivity contribution in [3.63, 3.8) is 0 Å². The molecule has 1 saturated carbocycles. The van der Waals surface area contributed by atoms with Crippen LogP contribution in [0.25, 0.3) is 0 Å². The summed E-state index contributed by atoms with van der Waals surface area (Å²) >= 11 is 1.48. The van der Waals surface area contributed by atoms with Crippen molar-refractivity contribution < 1.29 is 4.79 Å². The molecule has 6 heteroatoms. The van der Waals surface area contributed by atoms with Crippen molar-refractivity contribution in [1.29, 1.82) is 0 Å². The second-order valence-electron chi connectivity index (χ2n) is 6.47. The van der Waals surface area contributed by atoms with Gasteiger partial charge >= 0.3 is 0 Å². The summed E-state index contributed by atoms with van der Waals surface area (Å²) in [5, 5.41) is 12.6. The molecule has 1 heterocycles. The second-order valence-corrected chi connectivity index (χ2v) is 7.41. The van der Waals surface area contributed by atoms with E-state index in [9.17, 15) is 4.79 Å². The van der Waals surface area contributed by atoms with E-state index in [1.54, 1.807) is 0 Å². The Hall–Kier alpha value is -1.82. The maximum absolute atomic E-state index is 12.4. The van der Waals surface area contributed by atoms with Crippen LogP contribution < -0.4 is 5.32 Å². The smallest absolute Gasteiger partial charge is 0.230 e. The summed E-state index contributed by atoms with van der Waals surface area (Å²) in [4.78, 5) is 12.4. The third-order valence-corrected chi connectivity index (χ3v) is 5.42. The van der Waals surface area contributed by atoms with Crippen LogP contribution in [0.4, 0.5) is 0 Å². The Morgan fingerprint density at radius 1 is 1.28 bits per heavy atom. The highest BCUT2D eigenvalue weighted by molar-refractivity contribution is 7.99. The second kappa shape index (κ2) is 8.52. The average Bonchev–Trinajstić information content (AvgIpc) is 3.40. The molecule has 2 aromatic rings. The number of nitrogens with zero attached hydrogens (tertiary/aromatic N) is 3. The fraction of sp³-hybridized carbons (Fsp3) is 0.526. The predicted octanol–water partition coefficient (Wildman–Crippen LogP) is 3.93. The molecule has 1 aliphatic rings. The van der Waals surface area contributed by atoms with E-state index >= 15 is 0 Å². The van der Waals surface area contributed by atoms with E-state index in [4.69, 9.17) is 0 Å². The maximum atomic E-state index is 12.4. The van der Waals surface area contributed by atoms with Crippen LogP contribution in [-0.2, 0) is 11.3 Å². The Morgan fingerprint density at radius 2 is 2.04 bits per heavy atom. The quantitative estimate of drug-likeness (QED) is 0.690. The lowest BCUT2D eigenvalue weighted by molar-refractivity contribution is -0.119. The number of carbonyl (C=O) groups is 1. The minimum absolute atomic E-state index is 0.0472. The lowest BCUT2D eigenvalue weighted by atomic mass is 10.0. The van der Waals surface area contributed by atoms with E-state index in [-0.39, 0.29) is 11.9 Å². The van der Waals surface area contributed by atoms with Gasteiger partial charge in [0.2, 0.25) is 5.91 Å². The largest absolute Gasteiger partial charge is 0.349 e. The van der Waals surface area contributed by atoms with E-state index in [0.717, 1.165) is 35.9 Å². The number of amides is 1. The fourth-order valence-corrected chi connectivity index (χ4v) is 3.83. The zero-order valence-corrected chi connectivity index (χ0v) is 15.8. The molecule has 1 fully saturated rings. The summed E-state index contributed by atoms with van der Waals surface area (Å²) in [7, 11) is 0. The van der Waals surface area contributed by atoms with Gasteiger partial charge in [-0.25, -0.2) is 0 Å². The monoisotopic (exact) mass is 358 g/mol. The molecule has 25 heavy (non-hydrogen) atoms. The third kappa shape index (κ3) is 4.63. The van der Waals surface area contributed by atoms with Gasteiger partial charge in [0.1, 0.15) is 5.82 Å². The number of carbonyl (C=O) groups excluding carboxylic acids is 1. The Kier molecular flexibility index (Phi) is 6.13. The Bertz CT molecular complexity index is 697. The summed E-state index contributed by atoms with van der Waals surface area (Å²) in [6.45, 7) is 5.09. The van der Waals surface area contributed by atoms with Gasteiger partial charge in [-0.15, -0.1) is 10.2 Å². The molecule has 1 aromatic carbocycles. The minimum Gasteiger partial charge on any atom is -0.349 e. The molecule has 134 valence electrons. The van der Waals surface area contributed by atoms with Gasteiger partial charge in [0.25, 0.3) is 0 Å². The first-order valence-electron chi connectivity index (χ1n) is 9.13. The summed E-state index contributed by atoms with van der Waals surface area (Å²) < 4.78 is 2.15. The number of benzene rings is 1. The number of nitrogens with one attached hydrogen (secondary N) is 1. The molecule has 0 unspecified atom stereocenters. The molecule has 3 rings (SSSR count). The summed E-state index contributed by atoms with van der Waals surface area (Å²) in [6.07, 6.45) is 4.39. The van der Waals surface area contributed by atoms with Crippen LogP contribution in [0.2, 0.25) is 0 Å². The fourth-order valence-electron chi connectivity index (χ4n) is 3.01. The molecular weight excluding hydrogens is 332 g/mol. The van der Waals surface area contributed by atoms with E-state index in [1.807, 2.05) is 18.2 Å². The molecule has 0 spiro atoms. The van der Waals surface area contributed by atoms with Crippen molar-refractivity contribution in [2.75, 3.05) is 5.75 Å². The van der Waals surface area contributed by atoms with Gasteiger partial charge in [-0.1, -0.05) is 55.4 Å². The average molecular weight is 359 g/mol. The molecule has 1 N–H and O–H groups in total. The van der Waals surface area contributed by atoms with E-state index in [0.29, 0.717) is 11.7 Å². The number of hydrogen-bond acceptors (Lipinski definition) is 4. The Labute approximate surface area is 153 Å². The molecule has 0 bridgehead atoms. The molecule has 1 atom stereocenters. The SMILES string of the molecule is CCC[C@@H](NC(=O)CSc1nnc(C2CC2)n1CC)c1ccccc1. The van der Waals surface area contributed by atoms with Gasteiger partial charge < -0.3 is 9.88 Å². The summed E-state index contributed by atoms with van der Waals surface area (Å²) in [5.74, 6) is 2.07. The normalized spacial score (nSPS) is 15.1. The summed E-state index contributed by atoms with van der Waals surface area (Å²) in [6, 6.07) is 10.3. The predicted molar refractivity (Wildman–Crippen MR) is 101 cm³/mol. The van der Waals surface area contributed by atoms with Crippen LogP contribution in [0.5, 0.6) is 0 Å². The van der Waals surface area contributed by atoms with Gasteiger partial charge in [-0.3, -0.25) is 4.79 Å². The van der Waals surface area contributed by atoms with Crippen molar-refractivity contribution in [2.24, 2.45) is 0 Å². The van der Waals surface area contributed by atoms with E-state index < -0.39 is 0 Å². The molecular formula is C19H26N4OS. The first-order chi connectivity index (χ1) is 12.2. The van der Waals surface area contributed by atoms with E-state index in [1.165, 1.54) is 24.6 Å². The van der Waals surface area contributed by atoms with Gasteiger partial charge in [-0.2, -0.15) is 0 Å². The molecule has 5 nitrogen and oxygen atoms in total. The Morgan fingerprint density at radius 3 is 2.68 bits per heavy atom.